The van der Waals surface area contributed by atoms with E-state index in [1.807, 2.05) is 6.07 Å². The number of hydrogen-bond donors (Lipinski definition) is 0. The van der Waals surface area contributed by atoms with Crippen molar-refractivity contribution in [3.63, 3.8) is 0 Å². The summed E-state index contributed by atoms with van der Waals surface area (Å²) in [6, 6.07) is 19.3. The lowest BCUT2D eigenvalue weighted by molar-refractivity contribution is 0.0526. The van der Waals surface area contributed by atoms with Crippen molar-refractivity contribution in [3.8, 4) is 0 Å². The molecule has 106 valence electrons. The molecule has 0 radical (unpaired) electrons. The third-order valence-corrected chi connectivity index (χ3v) is 5.65. The Morgan fingerprint density at radius 1 is 0.900 bits per heavy atom. The lowest BCUT2D eigenvalue weighted by Crippen LogP contribution is -2.37. The highest BCUT2D eigenvalue weighted by Crippen LogP contribution is 2.18. The molecule has 0 aliphatic rings. The fourth-order valence-corrected chi connectivity index (χ4v) is 3.31. The van der Waals surface area contributed by atoms with E-state index in [4.69, 9.17) is 4.74 Å². The van der Waals surface area contributed by atoms with Gasteiger partial charge in [0.2, 0.25) is 0 Å². The van der Waals surface area contributed by atoms with Gasteiger partial charge in [-0.15, -0.1) is 0 Å². The van der Waals surface area contributed by atoms with Crippen LogP contribution in [0.1, 0.15) is 24.2 Å². The van der Waals surface area contributed by atoms with Gasteiger partial charge in [-0.05, 0) is 18.1 Å². The second-order valence-corrected chi connectivity index (χ2v) is 11.4. The molecule has 0 spiro atoms. The largest absolute Gasteiger partial charge is 0.369 e. The summed E-state index contributed by atoms with van der Waals surface area (Å²) in [7, 11) is -1.19. The molecule has 0 heterocycles. The summed E-state index contributed by atoms with van der Waals surface area (Å²) in [5.74, 6) is 0. The molecule has 0 bridgehead atoms. The highest BCUT2D eigenvalue weighted by Gasteiger charge is 2.15. The van der Waals surface area contributed by atoms with Crippen LogP contribution in [0.2, 0.25) is 19.6 Å². The van der Waals surface area contributed by atoms with Gasteiger partial charge in [0.15, 0.2) is 0 Å². The van der Waals surface area contributed by atoms with E-state index in [1.54, 1.807) is 0 Å². The van der Waals surface area contributed by atoms with Gasteiger partial charge in [-0.3, -0.25) is 0 Å². The highest BCUT2D eigenvalue weighted by atomic mass is 28.3. The molecule has 0 aromatic heterocycles. The zero-order valence-electron chi connectivity index (χ0n) is 12.9. The van der Waals surface area contributed by atoms with Crippen LogP contribution >= 0.6 is 0 Å². The van der Waals surface area contributed by atoms with E-state index in [-0.39, 0.29) is 6.10 Å². The first-order chi connectivity index (χ1) is 9.47. The van der Waals surface area contributed by atoms with Gasteiger partial charge in [-0.2, -0.15) is 0 Å². The second kappa shape index (κ2) is 6.38. The predicted molar refractivity (Wildman–Crippen MR) is 89.1 cm³/mol. The zero-order chi connectivity index (χ0) is 14.6. The molecule has 0 saturated carbocycles. The predicted octanol–water partition coefficient (Wildman–Crippen LogP) is 4.51. The minimum absolute atomic E-state index is 0.132. The van der Waals surface area contributed by atoms with Gasteiger partial charge >= 0.3 is 0 Å². The van der Waals surface area contributed by atoms with E-state index in [0.29, 0.717) is 6.61 Å². The van der Waals surface area contributed by atoms with Crippen LogP contribution in [-0.2, 0) is 11.3 Å². The average Bonchev–Trinajstić information content (AvgIpc) is 2.45. The van der Waals surface area contributed by atoms with Gasteiger partial charge in [0, 0.05) is 0 Å². The number of rotatable bonds is 5. The van der Waals surface area contributed by atoms with Crippen LogP contribution in [0.15, 0.2) is 54.6 Å². The van der Waals surface area contributed by atoms with Crippen LogP contribution in [0.25, 0.3) is 0 Å². The van der Waals surface area contributed by atoms with Crippen molar-refractivity contribution in [1.82, 2.24) is 0 Å². The minimum atomic E-state index is -1.19. The summed E-state index contributed by atoms with van der Waals surface area (Å²) in [5, 5.41) is 1.50. The van der Waals surface area contributed by atoms with Crippen molar-refractivity contribution in [2.75, 3.05) is 0 Å². The van der Waals surface area contributed by atoms with Crippen molar-refractivity contribution in [1.29, 1.82) is 0 Å². The molecule has 0 N–H and O–H groups in total. The molecule has 0 saturated heterocycles. The molecule has 2 aromatic rings. The van der Waals surface area contributed by atoms with Crippen LogP contribution in [0.5, 0.6) is 0 Å². The SMILES string of the molecule is CC(OCc1ccc([Si](C)(C)C)cc1)c1ccccc1. The summed E-state index contributed by atoms with van der Waals surface area (Å²) in [4.78, 5) is 0. The van der Waals surface area contributed by atoms with Gasteiger partial charge in [-0.1, -0.05) is 79.4 Å². The molecule has 1 atom stereocenters. The fourth-order valence-electron chi connectivity index (χ4n) is 2.14. The van der Waals surface area contributed by atoms with E-state index < -0.39 is 8.07 Å². The summed E-state index contributed by atoms with van der Waals surface area (Å²) >= 11 is 0. The maximum Gasteiger partial charge on any atom is 0.0801 e. The van der Waals surface area contributed by atoms with Gasteiger partial charge in [0.05, 0.1) is 20.8 Å². The van der Waals surface area contributed by atoms with Gasteiger partial charge in [0.25, 0.3) is 0 Å². The zero-order valence-corrected chi connectivity index (χ0v) is 13.9. The summed E-state index contributed by atoms with van der Waals surface area (Å²) in [5.41, 5.74) is 2.47. The smallest absolute Gasteiger partial charge is 0.0801 e. The lowest BCUT2D eigenvalue weighted by Gasteiger charge is -2.17. The Bertz CT molecular complexity index is 526. The topological polar surface area (TPSA) is 9.23 Å². The summed E-state index contributed by atoms with van der Waals surface area (Å²) in [6.07, 6.45) is 0.132. The van der Waals surface area contributed by atoms with Crippen LogP contribution in [0, 0.1) is 0 Å². The molecule has 2 heteroatoms. The number of benzene rings is 2. The maximum absolute atomic E-state index is 5.95. The molecule has 1 nitrogen and oxygen atoms in total. The first kappa shape index (κ1) is 15.0. The first-order valence-corrected chi connectivity index (χ1v) is 10.7. The van der Waals surface area contributed by atoms with E-state index in [1.165, 1.54) is 16.3 Å². The Kier molecular flexibility index (Phi) is 4.79. The molecule has 0 aliphatic heterocycles. The second-order valence-electron chi connectivity index (χ2n) is 6.31. The van der Waals surface area contributed by atoms with Crippen LogP contribution in [-0.4, -0.2) is 8.07 Å². The number of hydrogen-bond acceptors (Lipinski definition) is 1. The Labute approximate surface area is 123 Å². The van der Waals surface area contributed by atoms with Crippen molar-refractivity contribution in [2.24, 2.45) is 0 Å². The van der Waals surface area contributed by atoms with Crippen molar-refractivity contribution < 1.29 is 4.74 Å². The standard InChI is InChI=1S/C18H24OSi/c1-15(17-8-6-5-7-9-17)19-14-16-10-12-18(13-11-16)20(2,3)4/h5-13,15H,14H2,1-4H3. The van der Waals surface area contributed by atoms with Crippen LogP contribution < -0.4 is 5.19 Å². The maximum atomic E-state index is 5.95. The van der Waals surface area contributed by atoms with Gasteiger partial charge in [0.1, 0.15) is 0 Å². The molecule has 2 aromatic carbocycles. The molecular formula is C18H24OSi. The summed E-state index contributed by atoms with van der Waals surface area (Å²) < 4.78 is 5.95. The Morgan fingerprint density at radius 2 is 1.50 bits per heavy atom. The van der Waals surface area contributed by atoms with Gasteiger partial charge < -0.3 is 4.74 Å². The highest BCUT2D eigenvalue weighted by molar-refractivity contribution is 6.88. The molecular weight excluding hydrogens is 260 g/mol. The lowest BCUT2D eigenvalue weighted by atomic mass is 10.1. The molecule has 0 amide bonds. The summed E-state index contributed by atoms with van der Waals surface area (Å²) in [6.45, 7) is 9.88. The van der Waals surface area contributed by atoms with Crippen molar-refractivity contribution >= 4 is 13.3 Å². The van der Waals surface area contributed by atoms with E-state index >= 15 is 0 Å². The minimum Gasteiger partial charge on any atom is -0.369 e. The molecule has 20 heavy (non-hydrogen) atoms. The molecule has 0 aliphatic carbocycles. The fraction of sp³-hybridized carbons (Fsp3) is 0.333. The van der Waals surface area contributed by atoms with Gasteiger partial charge in [-0.25, -0.2) is 0 Å². The third kappa shape index (κ3) is 4.05. The molecule has 0 fully saturated rings. The Hall–Kier alpha value is -1.38. The van der Waals surface area contributed by atoms with Crippen LogP contribution in [0.3, 0.4) is 0 Å². The van der Waals surface area contributed by atoms with E-state index in [0.717, 1.165) is 0 Å². The monoisotopic (exact) mass is 284 g/mol. The van der Waals surface area contributed by atoms with Crippen LogP contribution in [0.4, 0.5) is 0 Å². The molecule has 1 unspecified atom stereocenters. The quantitative estimate of drug-likeness (QED) is 0.734. The molecule has 2 rings (SSSR count). The van der Waals surface area contributed by atoms with Crippen molar-refractivity contribution in [3.05, 3.63) is 65.7 Å². The normalized spacial score (nSPS) is 13.2. The van der Waals surface area contributed by atoms with Crippen molar-refractivity contribution in [2.45, 2.75) is 39.3 Å². The number of ether oxygens (including phenoxy) is 1. The Balaban J connectivity index is 1.94. The van der Waals surface area contributed by atoms with E-state index in [2.05, 4.69) is 75.1 Å². The third-order valence-electron chi connectivity index (χ3n) is 3.59. The Morgan fingerprint density at radius 3 is 2.05 bits per heavy atom. The first-order valence-electron chi connectivity index (χ1n) is 7.23. The van der Waals surface area contributed by atoms with E-state index in [9.17, 15) is 0 Å². The average molecular weight is 284 g/mol.